The number of hydrogen-bond donors (Lipinski definition) is 2. The van der Waals surface area contributed by atoms with E-state index in [1.54, 1.807) is 4.90 Å². The highest BCUT2D eigenvalue weighted by Crippen LogP contribution is 2.14. The third-order valence-corrected chi connectivity index (χ3v) is 3.89. The topological polar surface area (TPSA) is 78.9 Å². The molecule has 0 aromatic rings. The fourth-order valence-electron chi connectivity index (χ4n) is 2.01. The number of piperidine rings is 1. The lowest BCUT2D eigenvalue weighted by Gasteiger charge is -2.32. The molecule has 1 fully saturated rings. The van der Waals surface area contributed by atoms with E-state index in [-0.39, 0.29) is 18.7 Å². The van der Waals surface area contributed by atoms with Gasteiger partial charge in [0, 0.05) is 19.6 Å². The average molecular weight is 286 g/mol. The van der Waals surface area contributed by atoms with Gasteiger partial charge >= 0.3 is 12.0 Å². The van der Waals surface area contributed by atoms with Gasteiger partial charge in [-0.3, -0.25) is 0 Å². The number of ether oxygens (including phenoxy) is 1. The molecule has 1 aliphatic heterocycles. The summed E-state index contributed by atoms with van der Waals surface area (Å²) in [4.78, 5) is 24.2. The molecule has 1 heterocycles. The van der Waals surface area contributed by atoms with Crippen LogP contribution in [-0.4, -0.2) is 54.4 Å². The number of nitrogens with one attached hydrogen (secondary N) is 1. The number of carbonyl (C=O) groups excluding carboxylic acids is 1. The summed E-state index contributed by atoms with van der Waals surface area (Å²) in [5.41, 5.74) is 0. The van der Waals surface area contributed by atoms with Crippen LogP contribution in [0, 0.1) is 11.8 Å². The molecule has 1 saturated heterocycles. The van der Waals surface area contributed by atoms with Crippen LogP contribution < -0.4 is 5.32 Å². The Morgan fingerprint density at radius 3 is 2.40 bits per heavy atom. The van der Waals surface area contributed by atoms with Gasteiger partial charge in [-0.25, -0.2) is 9.59 Å². The molecule has 0 aromatic carbocycles. The molecule has 1 unspecified atom stereocenters. The molecule has 1 atom stereocenters. The van der Waals surface area contributed by atoms with Gasteiger partial charge in [0.1, 0.15) is 6.61 Å². The summed E-state index contributed by atoms with van der Waals surface area (Å²) >= 11 is 0. The molecule has 0 bridgehead atoms. The second-order valence-electron chi connectivity index (χ2n) is 5.80. The van der Waals surface area contributed by atoms with Crippen LogP contribution in [-0.2, 0) is 9.53 Å². The number of urea groups is 1. The lowest BCUT2D eigenvalue weighted by molar-refractivity contribution is -0.145. The fourth-order valence-corrected chi connectivity index (χ4v) is 2.01. The van der Waals surface area contributed by atoms with Crippen molar-refractivity contribution < 1.29 is 19.4 Å². The predicted molar refractivity (Wildman–Crippen MR) is 75.6 cm³/mol. The van der Waals surface area contributed by atoms with Crippen molar-refractivity contribution in [1.82, 2.24) is 10.2 Å². The van der Waals surface area contributed by atoms with E-state index in [1.807, 2.05) is 0 Å². The molecular weight excluding hydrogens is 260 g/mol. The van der Waals surface area contributed by atoms with Gasteiger partial charge in [-0.05, 0) is 24.7 Å². The van der Waals surface area contributed by atoms with E-state index in [0.717, 1.165) is 0 Å². The first-order valence-corrected chi connectivity index (χ1v) is 7.26. The zero-order valence-corrected chi connectivity index (χ0v) is 12.6. The minimum Gasteiger partial charge on any atom is -0.480 e. The fraction of sp³-hybridized carbons (Fsp3) is 0.857. The van der Waals surface area contributed by atoms with E-state index >= 15 is 0 Å². The van der Waals surface area contributed by atoms with Gasteiger partial charge < -0.3 is 20.1 Å². The van der Waals surface area contributed by atoms with Crippen LogP contribution in [0.4, 0.5) is 4.79 Å². The van der Waals surface area contributed by atoms with Crippen molar-refractivity contribution in [3.05, 3.63) is 0 Å². The van der Waals surface area contributed by atoms with Crippen LogP contribution in [0.25, 0.3) is 0 Å². The maximum absolute atomic E-state index is 12.0. The average Bonchev–Trinajstić information content (AvgIpc) is 2.42. The number of amides is 2. The van der Waals surface area contributed by atoms with Crippen molar-refractivity contribution in [3.8, 4) is 0 Å². The molecule has 6 heteroatoms. The van der Waals surface area contributed by atoms with Gasteiger partial charge in [0.05, 0.1) is 6.10 Å². The van der Waals surface area contributed by atoms with Crippen LogP contribution in [0.3, 0.4) is 0 Å². The number of carboxylic acids is 1. The number of likely N-dealkylation sites (tertiary alicyclic amines) is 1. The number of nitrogens with zero attached hydrogens (tertiary/aromatic N) is 1. The third-order valence-electron chi connectivity index (χ3n) is 3.89. The van der Waals surface area contributed by atoms with E-state index < -0.39 is 5.97 Å². The van der Waals surface area contributed by atoms with Crippen LogP contribution in [0.1, 0.15) is 33.6 Å². The second kappa shape index (κ2) is 8.09. The second-order valence-corrected chi connectivity index (χ2v) is 5.80. The summed E-state index contributed by atoms with van der Waals surface area (Å²) in [5, 5.41) is 11.5. The Bertz CT molecular complexity index is 325. The molecule has 1 rings (SSSR count). The standard InChI is InChI=1S/C14H26N2O4/c1-10(2)11(3)8-15-14(19)16-6-4-12(5-7-16)20-9-13(17)18/h10-12H,4-9H2,1-3H3,(H,15,19)(H,17,18). The van der Waals surface area contributed by atoms with Crippen LogP contribution in [0.2, 0.25) is 0 Å². The van der Waals surface area contributed by atoms with Crippen molar-refractivity contribution in [2.45, 2.75) is 39.7 Å². The van der Waals surface area contributed by atoms with Crippen molar-refractivity contribution in [2.75, 3.05) is 26.2 Å². The van der Waals surface area contributed by atoms with Crippen molar-refractivity contribution in [2.24, 2.45) is 11.8 Å². The number of rotatable bonds is 6. The first-order valence-electron chi connectivity index (χ1n) is 7.26. The molecule has 0 aromatic heterocycles. The van der Waals surface area contributed by atoms with Crippen LogP contribution in [0.5, 0.6) is 0 Å². The first-order chi connectivity index (χ1) is 9.40. The van der Waals surface area contributed by atoms with Crippen molar-refractivity contribution in [3.63, 3.8) is 0 Å². The van der Waals surface area contributed by atoms with Gasteiger partial charge in [0.15, 0.2) is 0 Å². The number of aliphatic carboxylic acids is 1. The Morgan fingerprint density at radius 2 is 1.90 bits per heavy atom. The molecule has 0 saturated carbocycles. The summed E-state index contributed by atoms with van der Waals surface area (Å²) < 4.78 is 5.24. The summed E-state index contributed by atoms with van der Waals surface area (Å²) in [5.74, 6) is 0.0497. The van der Waals surface area contributed by atoms with E-state index in [1.165, 1.54) is 0 Å². The Labute approximate surface area is 120 Å². The van der Waals surface area contributed by atoms with Gasteiger partial charge in [-0.1, -0.05) is 20.8 Å². The van der Waals surface area contributed by atoms with Gasteiger partial charge in [-0.15, -0.1) is 0 Å². The molecule has 116 valence electrons. The van der Waals surface area contributed by atoms with E-state index in [0.29, 0.717) is 44.3 Å². The largest absolute Gasteiger partial charge is 0.480 e. The SMILES string of the molecule is CC(C)C(C)CNC(=O)N1CCC(OCC(=O)O)CC1. The van der Waals surface area contributed by atoms with Crippen molar-refractivity contribution >= 4 is 12.0 Å². The zero-order chi connectivity index (χ0) is 15.1. The smallest absolute Gasteiger partial charge is 0.329 e. The lowest BCUT2D eigenvalue weighted by Crippen LogP contribution is -2.47. The summed E-state index contributed by atoms with van der Waals surface area (Å²) in [6, 6.07) is -0.0332. The molecule has 2 amide bonds. The highest BCUT2D eigenvalue weighted by Gasteiger charge is 2.23. The molecule has 6 nitrogen and oxygen atoms in total. The van der Waals surface area contributed by atoms with Crippen molar-refractivity contribution in [1.29, 1.82) is 0 Å². The zero-order valence-electron chi connectivity index (χ0n) is 12.6. The van der Waals surface area contributed by atoms with Gasteiger partial charge in [0.2, 0.25) is 0 Å². The van der Waals surface area contributed by atoms with E-state index in [4.69, 9.17) is 9.84 Å². The Morgan fingerprint density at radius 1 is 1.30 bits per heavy atom. The normalized spacial score (nSPS) is 18.1. The molecule has 2 N–H and O–H groups in total. The monoisotopic (exact) mass is 286 g/mol. The Kier molecular flexibility index (Phi) is 6.78. The molecular formula is C14H26N2O4. The van der Waals surface area contributed by atoms with Gasteiger partial charge in [-0.2, -0.15) is 0 Å². The number of carbonyl (C=O) groups is 2. The highest BCUT2D eigenvalue weighted by molar-refractivity contribution is 5.74. The lowest BCUT2D eigenvalue weighted by atomic mass is 9.98. The van der Waals surface area contributed by atoms with Gasteiger partial charge in [0.25, 0.3) is 0 Å². The summed E-state index contributed by atoms with van der Waals surface area (Å²) in [7, 11) is 0. The number of hydrogen-bond acceptors (Lipinski definition) is 3. The quantitative estimate of drug-likeness (QED) is 0.776. The van der Waals surface area contributed by atoms with Crippen LogP contribution >= 0.6 is 0 Å². The summed E-state index contributed by atoms with van der Waals surface area (Å²) in [6.45, 7) is 8.06. The molecule has 1 aliphatic rings. The number of carboxylic acid groups (broad SMARTS) is 1. The summed E-state index contributed by atoms with van der Waals surface area (Å²) in [6.07, 6.45) is 1.34. The van der Waals surface area contributed by atoms with E-state index in [2.05, 4.69) is 26.1 Å². The predicted octanol–water partition coefficient (Wildman–Crippen LogP) is 1.55. The van der Waals surface area contributed by atoms with E-state index in [9.17, 15) is 9.59 Å². The maximum atomic E-state index is 12.0. The Balaban J connectivity index is 2.23. The molecule has 0 aliphatic carbocycles. The molecule has 0 spiro atoms. The minimum absolute atomic E-state index is 0.0332. The van der Waals surface area contributed by atoms with Crippen LogP contribution in [0.15, 0.2) is 0 Å². The third kappa shape index (κ3) is 5.77. The first kappa shape index (κ1) is 16.8. The molecule has 0 radical (unpaired) electrons. The Hall–Kier alpha value is -1.30. The highest BCUT2D eigenvalue weighted by atomic mass is 16.5. The maximum Gasteiger partial charge on any atom is 0.329 e. The minimum atomic E-state index is -0.951. The molecule has 20 heavy (non-hydrogen) atoms.